The van der Waals surface area contributed by atoms with Crippen LogP contribution in [-0.2, 0) is 0 Å². The number of methoxy groups -OCH3 is 2. The fourth-order valence-electron chi connectivity index (χ4n) is 2.40. The van der Waals surface area contributed by atoms with Crippen LogP contribution in [0.1, 0.15) is 21.1 Å². The van der Waals surface area contributed by atoms with E-state index < -0.39 is 0 Å². The maximum absolute atomic E-state index is 12.7. The molecule has 0 unspecified atom stereocenters. The largest absolute Gasteiger partial charge is 0.495 e. The topological polar surface area (TPSA) is 73.6 Å². The molecule has 1 aromatic carbocycles. The molecule has 0 spiro atoms. The van der Waals surface area contributed by atoms with Crippen LogP contribution in [-0.4, -0.2) is 25.1 Å². The van der Waals surface area contributed by atoms with Gasteiger partial charge in [0.15, 0.2) is 10.8 Å². The summed E-state index contributed by atoms with van der Waals surface area (Å²) in [5.74, 6) is 2.04. The van der Waals surface area contributed by atoms with E-state index in [-0.39, 0.29) is 5.91 Å². The Morgan fingerprint density at radius 3 is 2.54 bits per heavy atom. The second-order valence-corrected chi connectivity index (χ2v) is 6.89. The molecule has 8 heteroatoms. The number of furan rings is 1. The lowest BCUT2D eigenvalue weighted by Gasteiger charge is -2.12. The highest BCUT2D eigenvalue weighted by Gasteiger charge is 2.20. The van der Waals surface area contributed by atoms with Gasteiger partial charge in [0.25, 0.3) is 5.91 Å². The quantitative estimate of drug-likeness (QED) is 0.665. The molecule has 0 radical (unpaired) electrons. The summed E-state index contributed by atoms with van der Waals surface area (Å²) in [6.45, 7) is 3.64. The van der Waals surface area contributed by atoms with Crippen molar-refractivity contribution < 1.29 is 18.7 Å². The van der Waals surface area contributed by atoms with Gasteiger partial charge in [-0.05, 0) is 32.0 Å². The normalized spacial score (nSPS) is 10.7. The number of aryl methyl sites for hydroxylation is 2. The molecule has 6 nitrogen and oxygen atoms in total. The van der Waals surface area contributed by atoms with E-state index in [0.29, 0.717) is 43.5 Å². The molecule has 0 saturated heterocycles. The van der Waals surface area contributed by atoms with Crippen LogP contribution in [0.3, 0.4) is 0 Å². The zero-order valence-electron chi connectivity index (χ0n) is 14.7. The Hall–Kier alpha value is -2.51. The van der Waals surface area contributed by atoms with Crippen LogP contribution in [0.4, 0.5) is 5.69 Å². The van der Waals surface area contributed by atoms with E-state index in [0.717, 1.165) is 5.76 Å². The van der Waals surface area contributed by atoms with Gasteiger partial charge in [0, 0.05) is 6.07 Å². The van der Waals surface area contributed by atoms with Crippen LogP contribution >= 0.6 is 22.9 Å². The van der Waals surface area contributed by atoms with Crippen molar-refractivity contribution >= 4 is 34.5 Å². The molecule has 0 aliphatic heterocycles. The number of carbonyl (C=O) groups is 1. The summed E-state index contributed by atoms with van der Waals surface area (Å²) in [4.78, 5) is 17.6. The van der Waals surface area contributed by atoms with Gasteiger partial charge < -0.3 is 19.2 Å². The summed E-state index contributed by atoms with van der Waals surface area (Å²) in [5.41, 5.74) is 1.07. The van der Waals surface area contributed by atoms with Gasteiger partial charge in [-0.1, -0.05) is 11.6 Å². The molecule has 0 saturated carbocycles. The maximum atomic E-state index is 12.7. The van der Waals surface area contributed by atoms with Crippen LogP contribution in [0, 0.1) is 13.8 Å². The molecule has 1 amide bonds. The molecule has 3 rings (SSSR count). The third-order valence-corrected chi connectivity index (χ3v) is 5.14. The first kappa shape index (κ1) is 18.3. The van der Waals surface area contributed by atoms with Crippen molar-refractivity contribution in [2.45, 2.75) is 13.8 Å². The number of ether oxygens (including phenoxy) is 2. The summed E-state index contributed by atoms with van der Waals surface area (Å²) in [5, 5.41) is 3.84. The Morgan fingerprint density at radius 2 is 1.92 bits per heavy atom. The van der Waals surface area contributed by atoms with Gasteiger partial charge in [-0.2, -0.15) is 0 Å². The predicted molar refractivity (Wildman–Crippen MR) is 102 cm³/mol. The monoisotopic (exact) mass is 392 g/mol. The molecule has 0 aliphatic rings. The van der Waals surface area contributed by atoms with E-state index in [4.69, 9.17) is 25.5 Å². The number of anilines is 1. The minimum Gasteiger partial charge on any atom is -0.495 e. The molecular formula is C18H17ClN2O4S. The number of benzene rings is 1. The lowest BCUT2D eigenvalue weighted by Crippen LogP contribution is -2.12. The number of halogens is 1. The molecule has 0 aliphatic carbocycles. The summed E-state index contributed by atoms with van der Waals surface area (Å²) in [6.07, 6.45) is 0. The van der Waals surface area contributed by atoms with Crippen molar-refractivity contribution in [3.05, 3.63) is 45.6 Å². The molecule has 2 heterocycles. The van der Waals surface area contributed by atoms with Crippen molar-refractivity contribution in [3.63, 3.8) is 0 Å². The fraction of sp³-hybridized carbons (Fsp3) is 0.222. The van der Waals surface area contributed by atoms with Crippen LogP contribution in [0.5, 0.6) is 11.5 Å². The summed E-state index contributed by atoms with van der Waals surface area (Å²) in [7, 11) is 3.02. The first-order chi connectivity index (χ1) is 12.4. The zero-order chi connectivity index (χ0) is 18.8. The van der Waals surface area contributed by atoms with Gasteiger partial charge in [-0.15, -0.1) is 11.3 Å². The highest BCUT2D eigenvalue weighted by Crippen LogP contribution is 2.37. The third-order valence-electron chi connectivity index (χ3n) is 3.68. The number of thiazole rings is 1. The first-order valence-corrected chi connectivity index (χ1v) is 8.89. The van der Waals surface area contributed by atoms with E-state index in [1.807, 2.05) is 19.1 Å². The smallest absolute Gasteiger partial charge is 0.267 e. The van der Waals surface area contributed by atoms with Crippen molar-refractivity contribution in [2.24, 2.45) is 0 Å². The Kier molecular flexibility index (Phi) is 5.20. The Labute approximate surface area is 159 Å². The van der Waals surface area contributed by atoms with Crippen LogP contribution in [0.15, 0.2) is 28.7 Å². The van der Waals surface area contributed by atoms with E-state index in [1.54, 1.807) is 19.1 Å². The second kappa shape index (κ2) is 7.39. The number of nitrogens with one attached hydrogen (secondary N) is 1. The van der Waals surface area contributed by atoms with Crippen molar-refractivity contribution in [1.82, 2.24) is 4.98 Å². The number of aromatic nitrogens is 1. The Morgan fingerprint density at radius 1 is 1.19 bits per heavy atom. The van der Waals surface area contributed by atoms with Crippen LogP contribution in [0.25, 0.3) is 10.8 Å². The predicted octanol–water partition coefficient (Wildman–Crippen LogP) is 4.94. The van der Waals surface area contributed by atoms with E-state index >= 15 is 0 Å². The van der Waals surface area contributed by atoms with Gasteiger partial charge in [-0.25, -0.2) is 4.98 Å². The van der Waals surface area contributed by atoms with Gasteiger partial charge >= 0.3 is 0 Å². The van der Waals surface area contributed by atoms with E-state index in [1.165, 1.54) is 25.6 Å². The molecule has 0 atom stereocenters. The number of hydrogen-bond donors (Lipinski definition) is 1. The third kappa shape index (κ3) is 3.54. The van der Waals surface area contributed by atoms with Gasteiger partial charge in [0.2, 0.25) is 0 Å². The average Bonchev–Trinajstić information content (AvgIpc) is 3.21. The van der Waals surface area contributed by atoms with Crippen molar-refractivity contribution in [3.8, 4) is 22.3 Å². The molecule has 3 aromatic rings. The highest BCUT2D eigenvalue weighted by molar-refractivity contribution is 7.17. The zero-order valence-corrected chi connectivity index (χ0v) is 16.2. The Bertz CT molecular complexity index is 964. The average molecular weight is 393 g/mol. The molecule has 0 fully saturated rings. The minimum atomic E-state index is -0.297. The lowest BCUT2D eigenvalue weighted by atomic mass is 10.2. The van der Waals surface area contributed by atoms with E-state index in [9.17, 15) is 4.79 Å². The molecule has 2 aromatic heterocycles. The molecule has 26 heavy (non-hydrogen) atoms. The van der Waals surface area contributed by atoms with Crippen molar-refractivity contribution in [1.29, 1.82) is 0 Å². The summed E-state index contributed by atoms with van der Waals surface area (Å²) in [6, 6.07) is 6.90. The Balaban J connectivity index is 1.89. The number of amides is 1. The molecular weight excluding hydrogens is 376 g/mol. The fourth-order valence-corrected chi connectivity index (χ4v) is 3.56. The number of carbonyl (C=O) groups excluding carboxylic acids is 1. The summed E-state index contributed by atoms with van der Waals surface area (Å²) >= 11 is 7.41. The molecule has 1 N–H and O–H groups in total. The standard InChI is InChI=1S/C18H17ClN2O4S/c1-9-5-6-13(25-9)18-20-10(2)16(26-18)17(22)21-12-7-11(19)14(23-3)8-15(12)24-4/h5-8H,1-4H3,(H,21,22). The minimum absolute atomic E-state index is 0.297. The van der Waals surface area contributed by atoms with Gasteiger partial charge in [-0.3, -0.25) is 4.79 Å². The van der Waals surface area contributed by atoms with Crippen LogP contribution in [0.2, 0.25) is 5.02 Å². The van der Waals surface area contributed by atoms with Gasteiger partial charge in [0.1, 0.15) is 22.1 Å². The van der Waals surface area contributed by atoms with Gasteiger partial charge in [0.05, 0.1) is 30.6 Å². The molecule has 136 valence electrons. The SMILES string of the molecule is COc1cc(OC)c(NC(=O)c2sc(-c3ccc(C)o3)nc2C)cc1Cl. The van der Waals surface area contributed by atoms with Crippen molar-refractivity contribution in [2.75, 3.05) is 19.5 Å². The van der Waals surface area contributed by atoms with Crippen LogP contribution < -0.4 is 14.8 Å². The number of nitrogens with zero attached hydrogens (tertiary/aromatic N) is 1. The maximum Gasteiger partial charge on any atom is 0.267 e. The molecule has 0 bridgehead atoms. The number of hydrogen-bond acceptors (Lipinski definition) is 6. The highest BCUT2D eigenvalue weighted by atomic mass is 35.5. The number of rotatable bonds is 5. The summed E-state index contributed by atoms with van der Waals surface area (Å²) < 4.78 is 16.0. The van der Waals surface area contributed by atoms with E-state index in [2.05, 4.69) is 10.3 Å². The second-order valence-electron chi connectivity index (χ2n) is 5.49. The lowest BCUT2D eigenvalue weighted by molar-refractivity contribution is 0.102. The first-order valence-electron chi connectivity index (χ1n) is 7.70.